The Morgan fingerprint density at radius 3 is 2.77 bits per heavy atom. The van der Waals surface area contributed by atoms with E-state index < -0.39 is 0 Å². The molecule has 1 aromatic carbocycles. The number of hydrogen-bond acceptors (Lipinski definition) is 3. The predicted octanol–water partition coefficient (Wildman–Crippen LogP) is 2.11. The number of rotatable bonds is 4. The van der Waals surface area contributed by atoms with Crippen molar-refractivity contribution in [3.8, 4) is 0 Å². The van der Waals surface area contributed by atoms with Gasteiger partial charge in [-0.2, -0.15) is 0 Å². The number of carbonyl (C=O) groups excluding carboxylic acids is 3. The number of hydrogen-bond donors (Lipinski definition) is 2. The molecule has 3 rings (SSSR count). The maximum atomic E-state index is 12.5. The topological polar surface area (TPSA) is 81.8 Å². The fourth-order valence-corrected chi connectivity index (χ4v) is 3.56. The first-order valence-electron chi connectivity index (χ1n) is 9.24. The Hall–Kier alpha value is -2.57. The standard InChI is InChI=1S/C19H26N4O3/c1-3-20-18(25)14-8-10-22(12-14)19(26)21-15-7-6-13(2)16(11-15)23-9-4-5-17(23)24/h6-7,11,14H,3-5,8-10,12H2,1-2H3,(H,20,25)(H,21,26). The number of carbonyl (C=O) groups is 3. The third-order valence-electron chi connectivity index (χ3n) is 5.02. The third kappa shape index (κ3) is 3.81. The molecule has 0 bridgehead atoms. The maximum absolute atomic E-state index is 12.5. The van der Waals surface area contributed by atoms with E-state index in [-0.39, 0.29) is 23.8 Å². The van der Waals surface area contributed by atoms with E-state index >= 15 is 0 Å². The van der Waals surface area contributed by atoms with Crippen molar-refractivity contribution < 1.29 is 14.4 Å². The zero-order valence-corrected chi connectivity index (χ0v) is 15.4. The monoisotopic (exact) mass is 358 g/mol. The first-order valence-corrected chi connectivity index (χ1v) is 9.24. The van der Waals surface area contributed by atoms with Gasteiger partial charge in [-0.25, -0.2) is 4.79 Å². The largest absolute Gasteiger partial charge is 0.356 e. The first kappa shape index (κ1) is 18.2. The van der Waals surface area contributed by atoms with Crippen molar-refractivity contribution in [1.82, 2.24) is 10.2 Å². The van der Waals surface area contributed by atoms with Crippen molar-refractivity contribution >= 4 is 29.2 Å². The van der Waals surface area contributed by atoms with Crippen LogP contribution in [0.25, 0.3) is 0 Å². The van der Waals surface area contributed by atoms with E-state index in [0.717, 1.165) is 24.2 Å². The molecule has 2 aliphatic rings. The zero-order valence-electron chi connectivity index (χ0n) is 15.4. The van der Waals surface area contributed by atoms with Crippen molar-refractivity contribution in [2.45, 2.75) is 33.1 Å². The van der Waals surface area contributed by atoms with E-state index in [2.05, 4.69) is 10.6 Å². The van der Waals surface area contributed by atoms with Crippen LogP contribution in [-0.2, 0) is 9.59 Å². The Bertz CT molecular complexity index is 719. The van der Waals surface area contributed by atoms with Gasteiger partial charge in [-0.05, 0) is 44.4 Å². The normalized spacial score (nSPS) is 19.8. The zero-order chi connectivity index (χ0) is 18.7. The third-order valence-corrected chi connectivity index (χ3v) is 5.02. The highest BCUT2D eigenvalue weighted by molar-refractivity contribution is 5.97. The summed E-state index contributed by atoms with van der Waals surface area (Å²) in [5, 5.41) is 5.71. The summed E-state index contributed by atoms with van der Waals surface area (Å²) in [5.74, 6) is -0.00892. The molecule has 0 spiro atoms. The molecule has 1 unspecified atom stereocenters. The number of amides is 4. The van der Waals surface area contributed by atoms with Crippen LogP contribution in [0.4, 0.5) is 16.2 Å². The number of likely N-dealkylation sites (tertiary alicyclic amines) is 1. The Kier molecular flexibility index (Phi) is 5.44. The number of aryl methyl sites for hydroxylation is 1. The van der Waals surface area contributed by atoms with Crippen LogP contribution in [0.5, 0.6) is 0 Å². The van der Waals surface area contributed by atoms with Gasteiger partial charge in [0.25, 0.3) is 0 Å². The minimum atomic E-state index is -0.209. The van der Waals surface area contributed by atoms with E-state index in [1.807, 2.05) is 32.0 Å². The second-order valence-electron chi connectivity index (χ2n) is 6.91. The van der Waals surface area contributed by atoms with Gasteiger partial charge in [0.15, 0.2) is 0 Å². The average molecular weight is 358 g/mol. The summed E-state index contributed by atoms with van der Waals surface area (Å²) in [4.78, 5) is 39.9. The molecule has 0 saturated carbocycles. The van der Waals surface area contributed by atoms with Crippen molar-refractivity contribution in [3.63, 3.8) is 0 Å². The fourth-order valence-electron chi connectivity index (χ4n) is 3.56. The van der Waals surface area contributed by atoms with Crippen molar-refractivity contribution in [2.75, 3.05) is 36.4 Å². The minimum absolute atomic E-state index is 0.00738. The highest BCUT2D eigenvalue weighted by Gasteiger charge is 2.31. The van der Waals surface area contributed by atoms with Crippen LogP contribution >= 0.6 is 0 Å². The lowest BCUT2D eigenvalue weighted by Crippen LogP contribution is -2.36. The van der Waals surface area contributed by atoms with E-state index in [1.54, 1.807) is 9.80 Å². The van der Waals surface area contributed by atoms with Gasteiger partial charge < -0.3 is 20.4 Å². The van der Waals surface area contributed by atoms with E-state index in [4.69, 9.17) is 0 Å². The molecule has 2 fully saturated rings. The summed E-state index contributed by atoms with van der Waals surface area (Å²) in [5.41, 5.74) is 2.53. The molecule has 140 valence electrons. The molecule has 1 aromatic rings. The summed E-state index contributed by atoms with van der Waals surface area (Å²) in [7, 11) is 0. The molecule has 0 radical (unpaired) electrons. The van der Waals surface area contributed by atoms with Crippen LogP contribution < -0.4 is 15.5 Å². The SMILES string of the molecule is CCNC(=O)C1CCN(C(=O)Nc2ccc(C)c(N3CCCC3=O)c2)C1. The maximum Gasteiger partial charge on any atom is 0.321 e. The van der Waals surface area contributed by atoms with Crippen LogP contribution in [0, 0.1) is 12.8 Å². The Labute approximate surface area is 153 Å². The van der Waals surface area contributed by atoms with Crippen LogP contribution in [0.15, 0.2) is 18.2 Å². The molecule has 2 heterocycles. The van der Waals surface area contributed by atoms with Crippen LogP contribution in [0.2, 0.25) is 0 Å². The lowest BCUT2D eigenvalue weighted by molar-refractivity contribution is -0.124. The van der Waals surface area contributed by atoms with Gasteiger partial charge in [-0.1, -0.05) is 6.07 Å². The van der Waals surface area contributed by atoms with Crippen molar-refractivity contribution in [2.24, 2.45) is 5.92 Å². The minimum Gasteiger partial charge on any atom is -0.356 e. The van der Waals surface area contributed by atoms with Crippen molar-refractivity contribution in [3.05, 3.63) is 23.8 Å². The Morgan fingerprint density at radius 2 is 2.08 bits per heavy atom. The Morgan fingerprint density at radius 1 is 1.27 bits per heavy atom. The van der Waals surface area contributed by atoms with E-state index in [0.29, 0.717) is 38.2 Å². The smallest absolute Gasteiger partial charge is 0.321 e. The molecule has 2 N–H and O–H groups in total. The van der Waals surface area contributed by atoms with Gasteiger partial charge in [-0.3, -0.25) is 9.59 Å². The predicted molar refractivity (Wildman–Crippen MR) is 100 cm³/mol. The molecule has 4 amide bonds. The summed E-state index contributed by atoms with van der Waals surface area (Å²) in [6, 6.07) is 5.40. The second-order valence-corrected chi connectivity index (χ2v) is 6.91. The number of nitrogens with zero attached hydrogens (tertiary/aromatic N) is 2. The second kappa shape index (κ2) is 7.76. The van der Waals surface area contributed by atoms with E-state index in [1.165, 1.54) is 0 Å². The van der Waals surface area contributed by atoms with Gasteiger partial charge in [0.1, 0.15) is 0 Å². The van der Waals surface area contributed by atoms with Gasteiger partial charge in [-0.15, -0.1) is 0 Å². The molecular formula is C19H26N4O3. The van der Waals surface area contributed by atoms with Gasteiger partial charge >= 0.3 is 6.03 Å². The Balaban J connectivity index is 1.65. The highest BCUT2D eigenvalue weighted by Crippen LogP contribution is 2.28. The van der Waals surface area contributed by atoms with Crippen LogP contribution in [-0.4, -0.2) is 48.9 Å². The molecule has 26 heavy (non-hydrogen) atoms. The highest BCUT2D eigenvalue weighted by atomic mass is 16.2. The summed E-state index contributed by atoms with van der Waals surface area (Å²) >= 11 is 0. The first-order chi connectivity index (χ1) is 12.5. The average Bonchev–Trinajstić information content (AvgIpc) is 3.26. The van der Waals surface area contributed by atoms with Crippen molar-refractivity contribution in [1.29, 1.82) is 0 Å². The van der Waals surface area contributed by atoms with Gasteiger partial charge in [0, 0.05) is 44.0 Å². The quantitative estimate of drug-likeness (QED) is 0.865. The summed E-state index contributed by atoms with van der Waals surface area (Å²) in [6.45, 7) is 6.17. The van der Waals surface area contributed by atoms with Gasteiger partial charge in [0.05, 0.1) is 5.92 Å². The molecule has 2 aliphatic heterocycles. The number of anilines is 2. The fraction of sp³-hybridized carbons (Fsp3) is 0.526. The summed E-state index contributed by atoms with van der Waals surface area (Å²) in [6.07, 6.45) is 2.12. The number of nitrogens with one attached hydrogen (secondary N) is 2. The molecular weight excluding hydrogens is 332 g/mol. The lowest BCUT2D eigenvalue weighted by Gasteiger charge is -2.21. The van der Waals surface area contributed by atoms with Crippen LogP contribution in [0.3, 0.4) is 0 Å². The molecule has 0 aliphatic carbocycles. The summed E-state index contributed by atoms with van der Waals surface area (Å²) < 4.78 is 0. The number of urea groups is 1. The molecule has 1 atom stereocenters. The molecule has 7 nitrogen and oxygen atoms in total. The van der Waals surface area contributed by atoms with E-state index in [9.17, 15) is 14.4 Å². The van der Waals surface area contributed by atoms with Gasteiger partial charge in [0.2, 0.25) is 11.8 Å². The molecule has 0 aromatic heterocycles. The molecule has 2 saturated heterocycles. The molecule has 7 heteroatoms. The van der Waals surface area contributed by atoms with Crippen LogP contribution in [0.1, 0.15) is 31.7 Å². The lowest BCUT2D eigenvalue weighted by atomic mass is 10.1. The number of benzene rings is 1.